The number of unbranched alkanes of at least 4 members (excludes halogenated alkanes) is 4. The molecule has 4 aromatic rings. The number of hydrogen-bond donors (Lipinski definition) is 5. The van der Waals surface area contributed by atoms with E-state index in [0.29, 0.717) is 57.2 Å². The van der Waals surface area contributed by atoms with E-state index in [4.69, 9.17) is 29.0 Å². The molecule has 73 heavy (non-hydrogen) atoms. The van der Waals surface area contributed by atoms with Crippen LogP contribution in [-0.4, -0.2) is 73.5 Å². The van der Waals surface area contributed by atoms with Crippen molar-refractivity contribution in [2.45, 2.75) is 141 Å². The molecule has 0 aliphatic heterocycles. The second-order valence-electron chi connectivity index (χ2n) is 17.7. The van der Waals surface area contributed by atoms with Gasteiger partial charge >= 0.3 is 25.7 Å². The number of amides is 3. The van der Waals surface area contributed by atoms with Gasteiger partial charge in [-0.3, -0.25) is 33.0 Å². The molecular weight excluding hydrogens is 954 g/mol. The lowest BCUT2D eigenvalue weighted by molar-refractivity contribution is -0.150. The van der Waals surface area contributed by atoms with Gasteiger partial charge in [0.15, 0.2) is 0 Å². The van der Waals surface area contributed by atoms with Crippen molar-refractivity contribution in [3.05, 3.63) is 144 Å². The Morgan fingerprint density at radius 3 is 1.53 bits per heavy atom. The smallest absolute Gasteiger partial charge is 0.406 e. The zero-order valence-electron chi connectivity index (χ0n) is 42.1. The minimum Gasteiger partial charge on any atom is -0.461 e. The van der Waals surface area contributed by atoms with Gasteiger partial charge in [-0.2, -0.15) is 0 Å². The number of hydrogen-bond acceptors (Lipinski definition) is 13. The van der Waals surface area contributed by atoms with Crippen molar-refractivity contribution in [3.63, 3.8) is 0 Å². The van der Waals surface area contributed by atoms with Gasteiger partial charge in [-0.15, -0.1) is 0 Å². The minimum atomic E-state index is -4.28. The highest BCUT2D eigenvalue weighted by atomic mass is 31.2. The molecule has 0 aromatic heterocycles. The first-order chi connectivity index (χ1) is 35.4. The number of nitrogens with two attached hydrogens (primary N) is 1. The summed E-state index contributed by atoms with van der Waals surface area (Å²) in [5.41, 5.74) is 8.50. The van der Waals surface area contributed by atoms with E-state index in [0.717, 1.165) is 36.0 Å². The topological polar surface area (TPSA) is 240 Å². The zero-order chi connectivity index (χ0) is 52.4. The fourth-order valence-electron chi connectivity index (χ4n) is 7.30. The highest BCUT2D eigenvalue weighted by Gasteiger charge is 2.34. The van der Waals surface area contributed by atoms with E-state index >= 15 is 0 Å². The Hall–Kier alpha value is -6.23. The molecule has 0 radical (unpaired) electrons. The van der Waals surface area contributed by atoms with Crippen molar-refractivity contribution in [2.75, 3.05) is 19.7 Å². The Balaban J connectivity index is 1.29. The van der Waals surface area contributed by atoms with Crippen LogP contribution >= 0.6 is 7.75 Å². The summed E-state index contributed by atoms with van der Waals surface area (Å²) in [5, 5.41) is 11.3. The number of carbonyl (C=O) groups excluding carboxylic acids is 6. The summed E-state index contributed by atoms with van der Waals surface area (Å²) in [5.74, 6) is -2.71. The number of ether oxygens (including phenoxy) is 3. The van der Waals surface area contributed by atoms with Gasteiger partial charge in [0.05, 0.1) is 13.2 Å². The van der Waals surface area contributed by atoms with Gasteiger partial charge in [0.1, 0.15) is 31.9 Å². The van der Waals surface area contributed by atoms with Crippen molar-refractivity contribution >= 4 is 43.4 Å². The second kappa shape index (κ2) is 35.0. The average Bonchev–Trinajstić information content (AvgIpc) is 3.40. The van der Waals surface area contributed by atoms with E-state index in [9.17, 15) is 33.3 Å². The molecule has 18 heteroatoms. The highest BCUT2D eigenvalue weighted by Crippen LogP contribution is 2.46. The van der Waals surface area contributed by atoms with Crippen LogP contribution in [0.15, 0.2) is 121 Å². The maximum atomic E-state index is 14.5. The predicted molar refractivity (Wildman–Crippen MR) is 277 cm³/mol. The molecule has 0 bridgehead atoms. The summed E-state index contributed by atoms with van der Waals surface area (Å²) >= 11 is 0. The van der Waals surface area contributed by atoms with Gasteiger partial charge in [-0.25, -0.2) is 14.4 Å². The van der Waals surface area contributed by atoms with E-state index in [1.807, 2.05) is 84.9 Å². The van der Waals surface area contributed by atoms with Crippen LogP contribution in [0.3, 0.4) is 0 Å². The third-order valence-electron chi connectivity index (χ3n) is 11.4. The number of rotatable bonds is 37. The molecule has 0 spiro atoms. The molecular formula is C55H74N5O12P. The average molecular weight is 1030 g/mol. The first kappa shape index (κ1) is 59.3. The van der Waals surface area contributed by atoms with Gasteiger partial charge in [0.2, 0.25) is 17.7 Å². The molecule has 0 saturated heterocycles. The minimum absolute atomic E-state index is 0.00113. The fourth-order valence-corrected chi connectivity index (χ4v) is 8.83. The molecule has 4 rings (SSSR count). The van der Waals surface area contributed by atoms with Crippen LogP contribution in [0, 0.1) is 0 Å². The van der Waals surface area contributed by atoms with E-state index in [2.05, 4.69) is 21.0 Å². The molecule has 0 fully saturated rings. The third-order valence-corrected chi connectivity index (χ3v) is 13.0. The number of esters is 3. The zero-order valence-corrected chi connectivity index (χ0v) is 42.9. The summed E-state index contributed by atoms with van der Waals surface area (Å²) in [7, 11) is -4.28. The van der Waals surface area contributed by atoms with Crippen molar-refractivity contribution in [3.8, 4) is 0 Å². The lowest BCUT2D eigenvalue weighted by Gasteiger charge is -2.25. The monoisotopic (exact) mass is 1030 g/mol. The van der Waals surface area contributed by atoms with Gasteiger partial charge in [-0.05, 0) is 87.1 Å². The molecule has 0 saturated carbocycles. The van der Waals surface area contributed by atoms with Crippen LogP contribution in [0.25, 0.3) is 0 Å². The Kier molecular flexibility index (Phi) is 28.5. The summed E-state index contributed by atoms with van der Waals surface area (Å²) < 4.78 is 42.9. The molecule has 4 aromatic carbocycles. The molecule has 0 aliphatic carbocycles. The van der Waals surface area contributed by atoms with Gasteiger partial charge < -0.3 is 35.9 Å². The maximum absolute atomic E-state index is 14.5. The number of carbonyl (C=O) groups is 6. The molecule has 0 heterocycles. The van der Waals surface area contributed by atoms with Gasteiger partial charge in [0, 0.05) is 38.3 Å². The largest absolute Gasteiger partial charge is 0.461 e. The second-order valence-corrected chi connectivity index (χ2v) is 19.4. The first-order valence-electron chi connectivity index (χ1n) is 25.3. The third kappa shape index (κ3) is 26.3. The van der Waals surface area contributed by atoms with Gasteiger partial charge in [-0.1, -0.05) is 134 Å². The maximum Gasteiger partial charge on any atom is 0.406 e. The van der Waals surface area contributed by atoms with Crippen LogP contribution in [0.2, 0.25) is 0 Å². The quantitative estimate of drug-likeness (QED) is 0.0124. The lowest BCUT2D eigenvalue weighted by Crippen LogP contribution is -2.43. The van der Waals surface area contributed by atoms with Crippen molar-refractivity contribution < 1.29 is 56.6 Å². The van der Waals surface area contributed by atoms with Crippen LogP contribution in [0.5, 0.6) is 0 Å². The summed E-state index contributed by atoms with van der Waals surface area (Å²) in [6.45, 7) is 2.67. The molecule has 17 nitrogen and oxygen atoms in total. The van der Waals surface area contributed by atoms with E-state index in [1.54, 1.807) is 43.3 Å². The summed E-state index contributed by atoms with van der Waals surface area (Å²) in [6, 6.07) is 33.6. The standard InChI is InChI=1S/C55H74N5O12P/c1-43(58-52(63)34-32-48(54(65)69-40-45-24-10-3-11-25-45)59-51(62)31-17-7-19-37-57-50(61)30-16-6-18-36-56)21-20-38-71-73(67,72-42-47-28-14-5-15-29-47)60-49(55(66)70-41-46-26-12-4-13-27-46)33-35-53(64)68-39-44-22-8-2-9-23-44/h2-5,8-15,22-29,43,48-49H,6-7,16-21,30-42,56H2,1H3,(H,57,61)(H,58,63)(H,59,62)(H,60,67)/t43-,48+,49+,73?/m1/s1. The normalized spacial score (nSPS) is 13.1. The van der Waals surface area contributed by atoms with Crippen LogP contribution in [0.1, 0.15) is 119 Å². The molecule has 396 valence electrons. The van der Waals surface area contributed by atoms with Gasteiger partial charge in [0.25, 0.3) is 0 Å². The predicted octanol–water partition coefficient (Wildman–Crippen LogP) is 8.04. The summed E-state index contributed by atoms with van der Waals surface area (Å²) in [4.78, 5) is 78.0. The van der Waals surface area contributed by atoms with Crippen molar-refractivity contribution in [2.24, 2.45) is 5.73 Å². The Morgan fingerprint density at radius 2 is 0.973 bits per heavy atom. The Bertz CT molecular complexity index is 2280. The molecule has 3 amide bonds. The SMILES string of the molecule is C[C@H](CCCOP(=O)(N[C@@H](CCC(=O)OCc1ccccc1)C(=O)OCc1ccccc1)OCc1ccccc1)NC(=O)CC[C@H](NC(=O)CCCCCNC(=O)CCCCCN)C(=O)OCc1ccccc1. The van der Waals surface area contributed by atoms with Crippen molar-refractivity contribution in [1.29, 1.82) is 0 Å². The molecule has 0 aliphatic rings. The summed E-state index contributed by atoms with van der Waals surface area (Å²) in [6.07, 6.45) is 5.42. The number of nitrogens with one attached hydrogen (secondary N) is 4. The molecule has 1 unspecified atom stereocenters. The van der Waals surface area contributed by atoms with Crippen molar-refractivity contribution in [1.82, 2.24) is 21.0 Å². The Labute approximate surface area is 430 Å². The Morgan fingerprint density at radius 1 is 0.493 bits per heavy atom. The fraction of sp³-hybridized carbons (Fsp3) is 0.455. The first-order valence-corrected chi connectivity index (χ1v) is 26.8. The molecule has 6 N–H and O–H groups in total. The lowest BCUT2D eigenvalue weighted by atomic mass is 10.1. The van der Waals surface area contributed by atoms with Crippen LogP contribution < -0.4 is 26.8 Å². The van der Waals surface area contributed by atoms with E-state index in [1.165, 1.54) is 0 Å². The molecule has 4 atom stereocenters. The van der Waals surface area contributed by atoms with E-state index < -0.39 is 37.7 Å². The van der Waals surface area contributed by atoms with Crippen LogP contribution in [-0.2, 0) is 83.0 Å². The number of benzene rings is 4. The highest BCUT2D eigenvalue weighted by molar-refractivity contribution is 7.51. The van der Waals surface area contributed by atoms with Crippen LogP contribution in [0.4, 0.5) is 0 Å². The van der Waals surface area contributed by atoms with E-state index in [-0.39, 0.29) is 88.9 Å².